The van der Waals surface area contributed by atoms with E-state index in [1.807, 2.05) is 66.4 Å². The summed E-state index contributed by atoms with van der Waals surface area (Å²) in [6.07, 6.45) is -0.521. The van der Waals surface area contributed by atoms with Gasteiger partial charge in [-0.3, -0.25) is 9.69 Å². The van der Waals surface area contributed by atoms with Crippen LogP contribution in [-0.4, -0.2) is 84.7 Å². The van der Waals surface area contributed by atoms with Crippen molar-refractivity contribution in [3.63, 3.8) is 0 Å². The number of amides is 3. The number of urea groups is 1. The van der Waals surface area contributed by atoms with Crippen LogP contribution < -0.4 is 9.64 Å². The lowest BCUT2D eigenvalue weighted by Crippen LogP contribution is -2.65. The van der Waals surface area contributed by atoms with Crippen LogP contribution in [0.3, 0.4) is 0 Å². The van der Waals surface area contributed by atoms with Gasteiger partial charge in [-0.1, -0.05) is 18.2 Å². The van der Waals surface area contributed by atoms with Crippen molar-refractivity contribution in [1.82, 2.24) is 14.7 Å². The molecule has 2 aromatic carbocycles. The number of guanidine groups is 1. The van der Waals surface area contributed by atoms with Crippen molar-refractivity contribution >= 4 is 23.6 Å². The fourth-order valence-corrected chi connectivity index (χ4v) is 4.51. The highest BCUT2D eigenvalue weighted by molar-refractivity contribution is 6.08. The van der Waals surface area contributed by atoms with Gasteiger partial charge in [0.1, 0.15) is 11.5 Å². The number of aliphatic imine (C=N–C) groups is 1. The van der Waals surface area contributed by atoms with E-state index in [0.29, 0.717) is 26.3 Å². The number of likely N-dealkylation sites (N-methyl/N-ethyl adjacent to an activating group) is 1. The SMILES string of the molecule is CCOCCN1C(=O)C2C(N=C3N(c4ccc(Oc5ccccc5)cc4)CCN32)N(C)C1=O. The zero-order valence-electron chi connectivity index (χ0n) is 18.8. The molecule has 3 aliphatic rings. The van der Waals surface area contributed by atoms with Crippen molar-refractivity contribution < 1.29 is 19.1 Å². The molecule has 0 saturated carbocycles. The second-order valence-electron chi connectivity index (χ2n) is 8.12. The van der Waals surface area contributed by atoms with Gasteiger partial charge in [0.05, 0.1) is 13.2 Å². The topological polar surface area (TPSA) is 77.9 Å². The first-order chi connectivity index (χ1) is 16.1. The molecular weight excluding hydrogens is 422 g/mol. The highest BCUT2D eigenvalue weighted by Crippen LogP contribution is 2.34. The number of rotatable bonds is 7. The number of ether oxygens (including phenoxy) is 2. The lowest BCUT2D eigenvalue weighted by atomic mass is 10.1. The van der Waals surface area contributed by atoms with Gasteiger partial charge in [0.25, 0.3) is 5.91 Å². The van der Waals surface area contributed by atoms with Gasteiger partial charge in [0.2, 0.25) is 5.96 Å². The van der Waals surface area contributed by atoms with E-state index in [4.69, 9.17) is 14.5 Å². The van der Waals surface area contributed by atoms with E-state index in [-0.39, 0.29) is 18.5 Å². The molecule has 0 aliphatic carbocycles. The molecule has 2 atom stereocenters. The first kappa shape index (κ1) is 21.3. The van der Waals surface area contributed by atoms with Gasteiger partial charge in [-0.25, -0.2) is 9.79 Å². The summed E-state index contributed by atoms with van der Waals surface area (Å²) in [5.41, 5.74) is 0.963. The van der Waals surface area contributed by atoms with Crippen LogP contribution in [0.5, 0.6) is 11.5 Å². The van der Waals surface area contributed by atoms with Crippen LogP contribution in [0.1, 0.15) is 6.92 Å². The molecule has 0 aromatic heterocycles. The molecule has 9 nitrogen and oxygen atoms in total. The molecule has 0 bridgehead atoms. The lowest BCUT2D eigenvalue weighted by Gasteiger charge is -2.40. The van der Waals surface area contributed by atoms with E-state index in [1.54, 1.807) is 11.9 Å². The van der Waals surface area contributed by atoms with Crippen LogP contribution in [0.25, 0.3) is 0 Å². The number of fused-ring (bicyclic) bond motifs is 3. The van der Waals surface area contributed by atoms with Crippen LogP contribution in [-0.2, 0) is 9.53 Å². The quantitative estimate of drug-likeness (QED) is 0.605. The molecule has 33 heavy (non-hydrogen) atoms. The van der Waals surface area contributed by atoms with E-state index in [1.165, 1.54) is 4.90 Å². The van der Waals surface area contributed by atoms with Crippen molar-refractivity contribution in [2.75, 3.05) is 44.8 Å². The fourth-order valence-electron chi connectivity index (χ4n) is 4.51. The van der Waals surface area contributed by atoms with Gasteiger partial charge in [0, 0.05) is 32.4 Å². The number of benzene rings is 2. The minimum Gasteiger partial charge on any atom is -0.457 e. The van der Waals surface area contributed by atoms with Gasteiger partial charge >= 0.3 is 6.03 Å². The fraction of sp³-hybridized carbons (Fsp3) is 0.375. The minimum atomic E-state index is -0.521. The maximum atomic E-state index is 13.2. The molecular formula is C24H27N5O4. The Morgan fingerprint density at radius 1 is 1.00 bits per heavy atom. The summed E-state index contributed by atoms with van der Waals surface area (Å²) in [6, 6.07) is 16.6. The van der Waals surface area contributed by atoms with Crippen molar-refractivity contribution in [1.29, 1.82) is 0 Å². The number of carbonyl (C=O) groups is 2. The Kier molecular flexibility index (Phi) is 5.63. The molecule has 2 saturated heterocycles. The van der Waals surface area contributed by atoms with Crippen molar-refractivity contribution in [2.24, 2.45) is 4.99 Å². The largest absolute Gasteiger partial charge is 0.457 e. The summed E-state index contributed by atoms with van der Waals surface area (Å²) in [6.45, 7) is 4.38. The van der Waals surface area contributed by atoms with E-state index in [9.17, 15) is 9.59 Å². The molecule has 172 valence electrons. The standard InChI is InChI=1S/C24H27N5O4/c1-3-32-16-15-29-22(30)20-21(26(2)24(29)31)25-23-27(13-14-28(20)23)17-9-11-19(12-10-17)33-18-7-5-4-6-8-18/h4-12,20-21H,3,13-16H2,1-2H3. The first-order valence-electron chi connectivity index (χ1n) is 11.2. The zero-order chi connectivity index (χ0) is 22.9. The van der Waals surface area contributed by atoms with E-state index < -0.39 is 12.2 Å². The maximum Gasteiger partial charge on any atom is 0.328 e. The second-order valence-corrected chi connectivity index (χ2v) is 8.12. The molecule has 3 aliphatic heterocycles. The van der Waals surface area contributed by atoms with E-state index in [0.717, 1.165) is 23.1 Å². The van der Waals surface area contributed by atoms with Gasteiger partial charge in [-0.2, -0.15) is 0 Å². The average Bonchev–Trinajstić information content (AvgIpc) is 3.41. The molecule has 5 rings (SSSR count). The molecule has 2 unspecified atom stereocenters. The third-order valence-corrected chi connectivity index (χ3v) is 6.17. The van der Waals surface area contributed by atoms with Crippen LogP contribution >= 0.6 is 0 Å². The Labute approximate surface area is 192 Å². The highest BCUT2D eigenvalue weighted by atomic mass is 16.5. The van der Waals surface area contributed by atoms with Crippen LogP contribution in [0.4, 0.5) is 10.5 Å². The molecule has 2 fully saturated rings. The van der Waals surface area contributed by atoms with Gasteiger partial charge < -0.3 is 24.2 Å². The van der Waals surface area contributed by atoms with Crippen LogP contribution in [0.2, 0.25) is 0 Å². The Bertz CT molecular complexity index is 1060. The molecule has 9 heteroatoms. The number of para-hydroxylation sites is 1. The minimum absolute atomic E-state index is 0.213. The molecule has 3 heterocycles. The van der Waals surface area contributed by atoms with Gasteiger partial charge in [0.15, 0.2) is 12.2 Å². The van der Waals surface area contributed by atoms with Crippen LogP contribution in [0, 0.1) is 0 Å². The normalized spacial score (nSPS) is 21.9. The number of anilines is 1. The predicted octanol–water partition coefficient (Wildman–Crippen LogP) is 2.60. The van der Waals surface area contributed by atoms with Crippen molar-refractivity contribution in [3.8, 4) is 11.5 Å². The highest BCUT2D eigenvalue weighted by Gasteiger charge is 2.54. The molecule has 0 N–H and O–H groups in total. The van der Waals surface area contributed by atoms with Crippen LogP contribution in [0.15, 0.2) is 59.6 Å². The summed E-state index contributed by atoms with van der Waals surface area (Å²) in [5.74, 6) is 2.03. The third-order valence-electron chi connectivity index (χ3n) is 6.17. The monoisotopic (exact) mass is 449 g/mol. The van der Waals surface area contributed by atoms with Gasteiger partial charge in [-0.05, 0) is 43.3 Å². The predicted molar refractivity (Wildman–Crippen MR) is 123 cm³/mol. The Morgan fingerprint density at radius 2 is 1.73 bits per heavy atom. The number of hydrogen-bond acceptors (Lipinski definition) is 7. The number of carbonyl (C=O) groups excluding carboxylic acids is 2. The number of imide groups is 1. The van der Waals surface area contributed by atoms with Crippen molar-refractivity contribution in [2.45, 2.75) is 19.1 Å². The zero-order valence-corrected chi connectivity index (χ0v) is 18.8. The first-order valence-corrected chi connectivity index (χ1v) is 11.2. The summed E-state index contributed by atoms with van der Waals surface area (Å²) in [5, 5.41) is 0. The summed E-state index contributed by atoms with van der Waals surface area (Å²) >= 11 is 0. The van der Waals surface area contributed by atoms with Crippen molar-refractivity contribution in [3.05, 3.63) is 54.6 Å². The third kappa shape index (κ3) is 3.78. The Balaban J connectivity index is 1.33. The number of hydrogen-bond donors (Lipinski definition) is 0. The summed E-state index contributed by atoms with van der Waals surface area (Å²) in [7, 11) is 1.70. The molecule has 2 aromatic rings. The smallest absolute Gasteiger partial charge is 0.328 e. The van der Waals surface area contributed by atoms with Gasteiger partial charge in [-0.15, -0.1) is 0 Å². The Hall–Kier alpha value is -3.59. The number of nitrogens with zero attached hydrogens (tertiary/aromatic N) is 5. The average molecular weight is 450 g/mol. The van der Waals surface area contributed by atoms with E-state index >= 15 is 0 Å². The molecule has 0 radical (unpaired) electrons. The Morgan fingerprint density at radius 3 is 2.45 bits per heavy atom. The molecule has 0 spiro atoms. The molecule has 3 amide bonds. The summed E-state index contributed by atoms with van der Waals surface area (Å²) in [4.78, 5) is 37.8. The lowest BCUT2D eigenvalue weighted by molar-refractivity contribution is -0.138. The van der Waals surface area contributed by atoms with E-state index in [2.05, 4.69) is 4.90 Å². The summed E-state index contributed by atoms with van der Waals surface area (Å²) < 4.78 is 11.3. The maximum absolute atomic E-state index is 13.2. The second kappa shape index (κ2) is 8.74.